The molecule has 1 aromatic carbocycles. The van der Waals surface area contributed by atoms with Gasteiger partial charge in [-0.15, -0.1) is 0 Å². The standard InChI is InChI=1S/C16H26N2O/c1-12(2)16(4,5)11-17-10-14-6-8-15(9-7-14)18-13(3)19/h6-9,12,17H,10-11H2,1-5H3,(H,18,19). The first-order valence-electron chi connectivity index (χ1n) is 6.88. The van der Waals surface area contributed by atoms with E-state index < -0.39 is 0 Å². The normalized spacial score (nSPS) is 11.7. The first-order chi connectivity index (χ1) is 8.81. The molecule has 0 spiro atoms. The van der Waals surface area contributed by atoms with E-state index in [1.807, 2.05) is 24.3 Å². The van der Waals surface area contributed by atoms with Gasteiger partial charge in [-0.25, -0.2) is 0 Å². The third-order valence-corrected chi connectivity index (χ3v) is 3.75. The van der Waals surface area contributed by atoms with E-state index >= 15 is 0 Å². The molecule has 0 unspecified atom stereocenters. The summed E-state index contributed by atoms with van der Waals surface area (Å²) in [7, 11) is 0. The van der Waals surface area contributed by atoms with Crippen molar-refractivity contribution in [2.75, 3.05) is 11.9 Å². The molecule has 0 aliphatic rings. The summed E-state index contributed by atoms with van der Waals surface area (Å²) in [5.41, 5.74) is 2.38. The van der Waals surface area contributed by atoms with Crippen molar-refractivity contribution < 1.29 is 4.79 Å². The third-order valence-electron chi connectivity index (χ3n) is 3.75. The van der Waals surface area contributed by atoms with E-state index in [2.05, 4.69) is 38.3 Å². The van der Waals surface area contributed by atoms with Crippen LogP contribution in [0.25, 0.3) is 0 Å². The lowest BCUT2D eigenvalue weighted by atomic mass is 9.81. The summed E-state index contributed by atoms with van der Waals surface area (Å²) in [6.07, 6.45) is 0. The van der Waals surface area contributed by atoms with Gasteiger partial charge in [-0.1, -0.05) is 39.8 Å². The highest BCUT2D eigenvalue weighted by atomic mass is 16.1. The van der Waals surface area contributed by atoms with Gasteiger partial charge in [0.05, 0.1) is 0 Å². The van der Waals surface area contributed by atoms with Crippen LogP contribution in [0.15, 0.2) is 24.3 Å². The number of hydrogen-bond donors (Lipinski definition) is 2. The van der Waals surface area contributed by atoms with Gasteiger partial charge in [0, 0.05) is 25.7 Å². The Morgan fingerprint density at radius 1 is 1.21 bits per heavy atom. The fraction of sp³-hybridized carbons (Fsp3) is 0.562. The molecule has 0 fully saturated rings. The molecule has 0 bridgehead atoms. The smallest absolute Gasteiger partial charge is 0.221 e. The number of carbonyl (C=O) groups is 1. The van der Waals surface area contributed by atoms with Crippen molar-refractivity contribution in [3.05, 3.63) is 29.8 Å². The summed E-state index contributed by atoms with van der Waals surface area (Å²) in [5, 5.41) is 6.26. The Kier molecular flexibility index (Phi) is 5.55. The second kappa shape index (κ2) is 6.71. The number of carbonyl (C=O) groups excluding carboxylic acids is 1. The Bertz CT molecular complexity index is 407. The molecule has 0 atom stereocenters. The lowest BCUT2D eigenvalue weighted by Crippen LogP contribution is -2.33. The van der Waals surface area contributed by atoms with Crippen molar-refractivity contribution in [1.29, 1.82) is 0 Å². The second-order valence-electron chi connectivity index (χ2n) is 6.12. The number of nitrogens with one attached hydrogen (secondary N) is 2. The highest BCUT2D eigenvalue weighted by Crippen LogP contribution is 2.24. The molecule has 0 saturated heterocycles. The average Bonchev–Trinajstić information content (AvgIpc) is 2.30. The van der Waals surface area contributed by atoms with Crippen LogP contribution >= 0.6 is 0 Å². The van der Waals surface area contributed by atoms with E-state index in [9.17, 15) is 4.79 Å². The highest BCUT2D eigenvalue weighted by Gasteiger charge is 2.21. The Morgan fingerprint density at radius 2 is 1.79 bits per heavy atom. The Labute approximate surface area is 116 Å². The first-order valence-corrected chi connectivity index (χ1v) is 6.88. The van der Waals surface area contributed by atoms with Gasteiger partial charge in [-0.3, -0.25) is 4.79 Å². The van der Waals surface area contributed by atoms with Crippen molar-refractivity contribution in [1.82, 2.24) is 5.32 Å². The van der Waals surface area contributed by atoms with Gasteiger partial charge in [0.1, 0.15) is 0 Å². The van der Waals surface area contributed by atoms with E-state index in [-0.39, 0.29) is 5.91 Å². The fourth-order valence-corrected chi connectivity index (χ4v) is 1.64. The predicted molar refractivity (Wildman–Crippen MR) is 81.1 cm³/mol. The zero-order valence-corrected chi connectivity index (χ0v) is 12.7. The molecule has 0 aromatic heterocycles. The summed E-state index contributed by atoms with van der Waals surface area (Å²) in [4.78, 5) is 10.9. The lowest BCUT2D eigenvalue weighted by Gasteiger charge is -2.29. The quantitative estimate of drug-likeness (QED) is 0.825. The van der Waals surface area contributed by atoms with Crippen molar-refractivity contribution in [2.24, 2.45) is 11.3 Å². The molecule has 1 aromatic rings. The van der Waals surface area contributed by atoms with Gasteiger partial charge in [0.2, 0.25) is 5.91 Å². The minimum Gasteiger partial charge on any atom is -0.326 e. The molecule has 0 radical (unpaired) electrons. The molecular formula is C16H26N2O. The lowest BCUT2D eigenvalue weighted by molar-refractivity contribution is -0.114. The third kappa shape index (κ3) is 5.43. The average molecular weight is 262 g/mol. The molecule has 1 amide bonds. The Hall–Kier alpha value is -1.35. The monoisotopic (exact) mass is 262 g/mol. The van der Waals surface area contributed by atoms with Crippen molar-refractivity contribution in [2.45, 2.75) is 41.2 Å². The highest BCUT2D eigenvalue weighted by molar-refractivity contribution is 5.88. The Morgan fingerprint density at radius 3 is 2.26 bits per heavy atom. The minimum atomic E-state index is -0.0374. The van der Waals surface area contributed by atoms with E-state index in [0.717, 1.165) is 18.8 Å². The zero-order valence-electron chi connectivity index (χ0n) is 12.7. The maximum atomic E-state index is 10.9. The maximum Gasteiger partial charge on any atom is 0.221 e. The molecule has 0 heterocycles. The largest absolute Gasteiger partial charge is 0.326 e. The molecule has 3 nitrogen and oxygen atoms in total. The van der Waals surface area contributed by atoms with Crippen LogP contribution in [0.4, 0.5) is 5.69 Å². The molecule has 0 saturated carbocycles. The minimum absolute atomic E-state index is 0.0374. The first kappa shape index (κ1) is 15.7. The summed E-state index contributed by atoms with van der Waals surface area (Å²) in [5.74, 6) is 0.617. The zero-order chi connectivity index (χ0) is 14.5. The fourth-order valence-electron chi connectivity index (χ4n) is 1.64. The van der Waals surface area contributed by atoms with Crippen LogP contribution in [0, 0.1) is 11.3 Å². The number of hydrogen-bond acceptors (Lipinski definition) is 2. The van der Waals surface area contributed by atoms with Crippen molar-refractivity contribution in [3.8, 4) is 0 Å². The molecule has 0 aliphatic carbocycles. The van der Waals surface area contributed by atoms with Crippen LogP contribution in [0.1, 0.15) is 40.2 Å². The number of anilines is 1. The van der Waals surface area contributed by atoms with Gasteiger partial charge < -0.3 is 10.6 Å². The number of rotatable bonds is 6. The SMILES string of the molecule is CC(=O)Nc1ccc(CNCC(C)(C)C(C)C)cc1. The maximum absolute atomic E-state index is 10.9. The van der Waals surface area contributed by atoms with Gasteiger partial charge in [-0.2, -0.15) is 0 Å². The molecule has 19 heavy (non-hydrogen) atoms. The van der Waals surface area contributed by atoms with Crippen LogP contribution < -0.4 is 10.6 Å². The molecule has 0 aliphatic heterocycles. The van der Waals surface area contributed by atoms with Crippen molar-refractivity contribution in [3.63, 3.8) is 0 Å². The molecule has 106 valence electrons. The van der Waals surface area contributed by atoms with Gasteiger partial charge >= 0.3 is 0 Å². The predicted octanol–water partition coefficient (Wildman–Crippen LogP) is 3.42. The molecule has 1 rings (SSSR count). The van der Waals surface area contributed by atoms with Crippen LogP contribution in [0.3, 0.4) is 0 Å². The number of amides is 1. The van der Waals surface area contributed by atoms with E-state index in [1.54, 1.807) is 0 Å². The second-order valence-corrected chi connectivity index (χ2v) is 6.12. The summed E-state index contributed by atoms with van der Waals surface area (Å²) < 4.78 is 0. The van der Waals surface area contributed by atoms with E-state index in [1.165, 1.54) is 12.5 Å². The van der Waals surface area contributed by atoms with Gasteiger partial charge in [-0.05, 0) is 29.0 Å². The topological polar surface area (TPSA) is 41.1 Å². The Balaban J connectivity index is 2.44. The summed E-state index contributed by atoms with van der Waals surface area (Å²) in [6, 6.07) is 7.96. The van der Waals surface area contributed by atoms with Crippen LogP contribution in [0.2, 0.25) is 0 Å². The van der Waals surface area contributed by atoms with Gasteiger partial charge in [0.15, 0.2) is 0 Å². The van der Waals surface area contributed by atoms with E-state index in [4.69, 9.17) is 0 Å². The van der Waals surface area contributed by atoms with Crippen molar-refractivity contribution >= 4 is 11.6 Å². The van der Waals surface area contributed by atoms with E-state index in [0.29, 0.717) is 11.3 Å². The molecule has 2 N–H and O–H groups in total. The van der Waals surface area contributed by atoms with Crippen LogP contribution in [0.5, 0.6) is 0 Å². The number of benzene rings is 1. The molecular weight excluding hydrogens is 236 g/mol. The van der Waals surface area contributed by atoms with Gasteiger partial charge in [0.25, 0.3) is 0 Å². The summed E-state index contributed by atoms with van der Waals surface area (Å²) >= 11 is 0. The molecule has 3 heteroatoms. The van der Waals surface area contributed by atoms with Crippen LogP contribution in [-0.4, -0.2) is 12.5 Å². The summed E-state index contributed by atoms with van der Waals surface area (Å²) in [6.45, 7) is 12.4. The van der Waals surface area contributed by atoms with Crippen LogP contribution in [-0.2, 0) is 11.3 Å².